The van der Waals surface area contributed by atoms with Gasteiger partial charge in [-0.25, -0.2) is 4.98 Å². The molecule has 0 aliphatic heterocycles. The van der Waals surface area contributed by atoms with Gasteiger partial charge in [0.05, 0.1) is 28.1 Å². The van der Waals surface area contributed by atoms with Crippen LogP contribution in [-0.2, 0) is 0 Å². The fourth-order valence-electron chi connectivity index (χ4n) is 3.72. The van der Waals surface area contributed by atoms with Gasteiger partial charge < -0.3 is 25.2 Å². The van der Waals surface area contributed by atoms with Crippen LogP contribution in [0, 0.1) is 0 Å². The lowest BCUT2D eigenvalue weighted by molar-refractivity contribution is 0.0989. The summed E-state index contributed by atoms with van der Waals surface area (Å²) in [4.78, 5) is 26.5. The molecule has 0 saturated carbocycles. The number of aromatic nitrogens is 3. The van der Waals surface area contributed by atoms with Crippen molar-refractivity contribution in [3.8, 4) is 39.8 Å². The first-order valence-corrected chi connectivity index (χ1v) is 10.5. The van der Waals surface area contributed by atoms with E-state index in [0.29, 0.717) is 11.0 Å². The summed E-state index contributed by atoms with van der Waals surface area (Å²) in [7, 11) is 1.50. The average Bonchev–Trinajstić information content (AvgIpc) is 3.30. The van der Waals surface area contributed by atoms with Crippen LogP contribution in [0.15, 0.2) is 79.0 Å². The van der Waals surface area contributed by atoms with E-state index in [1.54, 1.807) is 12.3 Å². The van der Waals surface area contributed by atoms with Crippen molar-refractivity contribution in [2.75, 3.05) is 11.9 Å². The lowest BCUT2D eigenvalue weighted by atomic mass is 10.1. The second-order valence-corrected chi connectivity index (χ2v) is 7.80. The van der Waals surface area contributed by atoms with Crippen LogP contribution in [0.2, 0.25) is 0 Å². The number of carbonyl (C=O) groups excluding carboxylic acids is 1. The third-order valence-electron chi connectivity index (χ3n) is 5.58. The molecule has 0 fully saturated rings. The molecule has 0 radical (unpaired) electrons. The zero-order valence-corrected chi connectivity index (χ0v) is 18.1. The highest BCUT2D eigenvalue weighted by molar-refractivity contribution is 6.07. The van der Waals surface area contributed by atoms with Crippen molar-refractivity contribution in [3.63, 3.8) is 0 Å². The number of rotatable bonds is 4. The molecule has 0 unspecified atom stereocenters. The molecular formula is C26H20N4O4. The number of aromatic hydroxyl groups is 3. The summed E-state index contributed by atoms with van der Waals surface area (Å²) in [6.07, 6.45) is 1.74. The van der Waals surface area contributed by atoms with Crippen molar-refractivity contribution in [1.29, 1.82) is 0 Å². The normalized spacial score (nSPS) is 11.0. The number of anilines is 1. The summed E-state index contributed by atoms with van der Waals surface area (Å²) >= 11 is 0. The Hall–Kier alpha value is -4.85. The highest BCUT2D eigenvalue weighted by Crippen LogP contribution is 2.38. The summed E-state index contributed by atoms with van der Waals surface area (Å²) in [5.74, 6) is -2.09. The largest absolute Gasteiger partial charge is 0.504 e. The molecule has 3 aromatic heterocycles. The predicted octanol–water partition coefficient (Wildman–Crippen LogP) is 4.69. The van der Waals surface area contributed by atoms with Crippen molar-refractivity contribution in [2.45, 2.75) is 0 Å². The first-order valence-electron chi connectivity index (χ1n) is 10.5. The number of nitrogens with one attached hydrogen (secondary N) is 1. The first kappa shape index (κ1) is 21.0. The van der Waals surface area contributed by atoms with Crippen LogP contribution in [0.4, 0.5) is 5.69 Å². The molecule has 0 spiro atoms. The third-order valence-corrected chi connectivity index (χ3v) is 5.58. The number of H-pyrrole nitrogens is 1. The maximum Gasteiger partial charge on any atom is 0.274 e. The number of nitrogens with zero attached hydrogens (tertiary/aromatic N) is 3. The van der Waals surface area contributed by atoms with Gasteiger partial charge in [0.15, 0.2) is 17.2 Å². The van der Waals surface area contributed by atoms with E-state index in [0.717, 1.165) is 22.5 Å². The van der Waals surface area contributed by atoms with Crippen molar-refractivity contribution in [3.05, 3.63) is 84.7 Å². The number of phenolic OH excluding ortho intramolecular Hbond substituents is 3. The monoisotopic (exact) mass is 452 g/mol. The first-order chi connectivity index (χ1) is 16.4. The standard InChI is InChI=1S/C26H20N4O4/c1-30(17-12-23(31)25(33)24(32)13-17)26(34)22-14-21-19(29-22)8-7-18(28-21)16-9-10-27-20(11-16)15-5-3-2-4-6-15/h2-14,29,31-33H,1H3. The summed E-state index contributed by atoms with van der Waals surface area (Å²) in [6, 6.07) is 21.5. The van der Waals surface area contributed by atoms with Gasteiger partial charge in [0.2, 0.25) is 0 Å². The van der Waals surface area contributed by atoms with E-state index in [9.17, 15) is 20.1 Å². The summed E-state index contributed by atoms with van der Waals surface area (Å²) in [5, 5.41) is 29.1. The van der Waals surface area contributed by atoms with Crippen LogP contribution < -0.4 is 4.90 Å². The highest BCUT2D eigenvalue weighted by Gasteiger charge is 2.19. The molecule has 0 atom stereocenters. The van der Waals surface area contributed by atoms with E-state index in [2.05, 4.69) is 9.97 Å². The minimum absolute atomic E-state index is 0.218. The zero-order chi connectivity index (χ0) is 23.8. The number of carbonyl (C=O) groups is 1. The highest BCUT2D eigenvalue weighted by atomic mass is 16.3. The predicted molar refractivity (Wildman–Crippen MR) is 129 cm³/mol. The lowest BCUT2D eigenvalue weighted by Crippen LogP contribution is -2.26. The van der Waals surface area contributed by atoms with Gasteiger partial charge >= 0.3 is 0 Å². The second-order valence-electron chi connectivity index (χ2n) is 7.80. The number of aromatic amines is 1. The third kappa shape index (κ3) is 3.77. The minimum atomic E-state index is -0.640. The van der Waals surface area contributed by atoms with E-state index < -0.39 is 23.2 Å². The van der Waals surface area contributed by atoms with Crippen LogP contribution in [0.3, 0.4) is 0 Å². The van der Waals surface area contributed by atoms with Gasteiger partial charge in [0, 0.05) is 36.5 Å². The van der Waals surface area contributed by atoms with Gasteiger partial charge in [-0.2, -0.15) is 0 Å². The van der Waals surface area contributed by atoms with Crippen LogP contribution >= 0.6 is 0 Å². The molecule has 8 heteroatoms. The molecule has 0 bridgehead atoms. The van der Waals surface area contributed by atoms with Crippen molar-refractivity contribution >= 4 is 22.6 Å². The van der Waals surface area contributed by atoms with Crippen LogP contribution in [0.1, 0.15) is 10.5 Å². The number of amides is 1. The van der Waals surface area contributed by atoms with Gasteiger partial charge in [0.1, 0.15) is 5.69 Å². The van der Waals surface area contributed by atoms with Crippen LogP contribution in [0.25, 0.3) is 33.5 Å². The molecule has 168 valence electrons. The van der Waals surface area contributed by atoms with Gasteiger partial charge in [0.25, 0.3) is 5.91 Å². The number of phenols is 3. The SMILES string of the molecule is CN(C(=O)c1cc2nc(-c3ccnc(-c4ccccc4)c3)ccc2[nH]1)c1cc(O)c(O)c(O)c1. The van der Waals surface area contributed by atoms with E-state index in [-0.39, 0.29) is 11.4 Å². The molecule has 3 heterocycles. The number of hydrogen-bond acceptors (Lipinski definition) is 6. The fourth-order valence-corrected chi connectivity index (χ4v) is 3.72. The Kier molecular flexibility index (Phi) is 5.10. The minimum Gasteiger partial charge on any atom is -0.504 e. The topological polar surface area (TPSA) is 123 Å². The zero-order valence-electron chi connectivity index (χ0n) is 18.1. The van der Waals surface area contributed by atoms with E-state index >= 15 is 0 Å². The molecule has 0 aliphatic rings. The number of pyridine rings is 2. The summed E-state index contributed by atoms with van der Waals surface area (Å²) < 4.78 is 0. The number of hydrogen-bond donors (Lipinski definition) is 4. The Morgan fingerprint density at radius 1 is 0.853 bits per heavy atom. The second kappa shape index (κ2) is 8.25. The van der Waals surface area contributed by atoms with Gasteiger partial charge in [-0.15, -0.1) is 0 Å². The molecule has 0 saturated heterocycles. The smallest absolute Gasteiger partial charge is 0.274 e. The average molecular weight is 452 g/mol. The molecule has 0 aliphatic carbocycles. The molecule has 34 heavy (non-hydrogen) atoms. The Morgan fingerprint density at radius 2 is 1.59 bits per heavy atom. The van der Waals surface area contributed by atoms with Crippen LogP contribution in [0.5, 0.6) is 17.2 Å². The van der Waals surface area contributed by atoms with Crippen LogP contribution in [-0.4, -0.2) is 43.2 Å². The summed E-state index contributed by atoms with van der Waals surface area (Å²) in [6.45, 7) is 0. The molecular weight excluding hydrogens is 432 g/mol. The maximum absolute atomic E-state index is 13.0. The van der Waals surface area contributed by atoms with E-state index in [4.69, 9.17) is 4.98 Å². The number of fused-ring (bicyclic) bond motifs is 1. The van der Waals surface area contributed by atoms with Gasteiger partial charge in [-0.3, -0.25) is 9.78 Å². The Morgan fingerprint density at radius 3 is 2.32 bits per heavy atom. The lowest BCUT2D eigenvalue weighted by Gasteiger charge is -2.17. The molecule has 2 aromatic carbocycles. The molecule has 5 aromatic rings. The quantitative estimate of drug-likeness (QED) is 0.294. The maximum atomic E-state index is 13.0. The van der Waals surface area contributed by atoms with E-state index in [1.165, 1.54) is 24.1 Å². The van der Waals surface area contributed by atoms with Crippen molar-refractivity contribution < 1.29 is 20.1 Å². The fraction of sp³-hybridized carbons (Fsp3) is 0.0385. The molecule has 1 amide bonds. The van der Waals surface area contributed by atoms with Gasteiger partial charge in [-0.05, 0) is 30.3 Å². The van der Waals surface area contributed by atoms with E-state index in [1.807, 2.05) is 54.6 Å². The Labute approximate surface area is 194 Å². The Balaban J connectivity index is 1.46. The molecule has 5 rings (SSSR count). The van der Waals surface area contributed by atoms with Crippen molar-refractivity contribution in [2.24, 2.45) is 0 Å². The number of benzene rings is 2. The summed E-state index contributed by atoms with van der Waals surface area (Å²) in [5.41, 5.74) is 5.30. The van der Waals surface area contributed by atoms with Gasteiger partial charge in [-0.1, -0.05) is 30.3 Å². The Bertz CT molecular complexity index is 1510. The molecule has 8 nitrogen and oxygen atoms in total. The van der Waals surface area contributed by atoms with Crippen molar-refractivity contribution in [1.82, 2.24) is 15.0 Å². The molecule has 4 N–H and O–H groups in total.